The second-order valence-electron chi connectivity index (χ2n) is 4.50. The van der Waals surface area contributed by atoms with Crippen LogP contribution in [0.2, 0.25) is 5.02 Å². The Labute approximate surface area is 130 Å². The molecule has 1 aliphatic heterocycles. The van der Waals surface area contributed by atoms with Crippen molar-refractivity contribution in [3.05, 3.63) is 41.4 Å². The second kappa shape index (κ2) is 5.74. The Balaban J connectivity index is 1.95. The summed E-state index contributed by atoms with van der Waals surface area (Å²) in [7, 11) is 0. The molecule has 1 aromatic carbocycles. The summed E-state index contributed by atoms with van der Waals surface area (Å²) in [6, 6.07) is 3.58. The zero-order valence-electron chi connectivity index (χ0n) is 11.4. The first-order chi connectivity index (χ1) is 10.5. The van der Waals surface area contributed by atoms with Crippen molar-refractivity contribution in [1.82, 2.24) is 20.7 Å². The number of halogens is 2. The largest absolute Gasteiger partial charge is 0.423 e. The molecule has 2 aromatic rings. The summed E-state index contributed by atoms with van der Waals surface area (Å²) >= 11 is 5.96. The molecular formula is C13H11ClFN5O2. The summed E-state index contributed by atoms with van der Waals surface area (Å²) in [6.45, 7) is 1.72. The number of nitrogens with one attached hydrogen (secondary N) is 2. The molecule has 9 heteroatoms. The number of hydrogen-bond donors (Lipinski definition) is 2. The Kier molecular flexibility index (Phi) is 3.78. The van der Waals surface area contributed by atoms with Crippen LogP contribution in [-0.4, -0.2) is 22.2 Å². The van der Waals surface area contributed by atoms with Gasteiger partial charge in [-0.1, -0.05) is 11.6 Å². The Bertz CT molecular complexity index is 715. The minimum absolute atomic E-state index is 0.0165. The van der Waals surface area contributed by atoms with Gasteiger partial charge in [-0.15, -0.1) is 0 Å². The molecule has 0 radical (unpaired) electrons. The topological polar surface area (TPSA) is 79.4 Å². The summed E-state index contributed by atoms with van der Waals surface area (Å²) < 4.78 is 19.5. The monoisotopic (exact) mass is 323 g/mol. The van der Waals surface area contributed by atoms with Crippen LogP contribution in [0.25, 0.3) is 0 Å². The first-order valence-corrected chi connectivity index (χ1v) is 6.73. The number of benzene rings is 1. The molecule has 1 aromatic heterocycles. The smallest absolute Gasteiger partial charge is 0.337 e. The maximum absolute atomic E-state index is 14.1. The highest BCUT2D eigenvalue weighted by molar-refractivity contribution is 6.32. The van der Waals surface area contributed by atoms with Crippen LogP contribution in [0.3, 0.4) is 0 Å². The number of carbonyl (C=O) groups is 1. The van der Waals surface area contributed by atoms with Crippen molar-refractivity contribution >= 4 is 23.3 Å². The highest BCUT2D eigenvalue weighted by atomic mass is 35.5. The van der Waals surface area contributed by atoms with Gasteiger partial charge in [-0.05, 0) is 19.1 Å². The van der Waals surface area contributed by atoms with E-state index in [1.165, 1.54) is 18.5 Å². The number of ether oxygens (including phenoxy) is 1. The van der Waals surface area contributed by atoms with Gasteiger partial charge in [0.05, 0.1) is 11.2 Å². The number of carbonyl (C=O) groups excluding carboxylic acids is 1. The second-order valence-corrected chi connectivity index (χ2v) is 4.91. The van der Waals surface area contributed by atoms with Gasteiger partial charge in [0.1, 0.15) is 11.5 Å². The summed E-state index contributed by atoms with van der Waals surface area (Å²) in [5.41, 5.74) is 2.76. The van der Waals surface area contributed by atoms with E-state index in [-0.39, 0.29) is 28.6 Å². The molecule has 0 spiro atoms. The van der Waals surface area contributed by atoms with E-state index in [0.29, 0.717) is 0 Å². The van der Waals surface area contributed by atoms with Gasteiger partial charge in [0.25, 0.3) is 0 Å². The summed E-state index contributed by atoms with van der Waals surface area (Å²) in [6.07, 6.45) is 2.68. The van der Waals surface area contributed by atoms with Gasteiger partial charge in [-0.25, -0.2) is 29.6 Å². The average molecular weight is 324 g/mol. The number of urea groups is 1. The molecule has 1 saturated heterocycles. The van der Waals surface area contributed by atoms with E-state index in [1.54, 1.807) is 13.0 Å². The van der Waals surface area contributed by atoms with Crippen molar-refractivity contribution in [2.24, 2.45) is 0 Å². The van der Waals surface area contributed by atoms with Crippen LogP contribution in [-0.2, 0) is 0 Å². The van der Waals surface area contributed by atoms with Crippen molar-refractivity contribution in [2.75, 3.05) is 5.01 Å². The number of anilines is 1. The fourth-order valence-electron chi connectivity index (χ4n) is 1.92. The highest BCUT2D eigenvalue weighted by Gasteiger charge is 2.29. The van der Waals surface area contributed by atoms with E-state index in [4.69, 9.17) is 16.3 Å². The molecule has 1 fully saturated rings. The quantitative estimate of drug-likeness (QED) is 0.907. The van der Waals surface area contributed by atoms with Crippen molar-refractivity contribution < 1.29 is 13.9 Å². The molecule has 3 rings (SSSR count). The first kappa shape index (κ1) is 14.5. The van der Waals surface area contributed by atoms with Crippen LogP contribution in [0.15, 0.2) is 30.6 Å². The minimum Gasteiger partial charge on any atom is -0.423 e. The lowest BCUT2D eigenvalue weighted by atomic mass is 10.2. The maximum Gasteiger partial charge on any atom is 0.337 e. The summed E-state index contributed by atoms with van der Waals surface area (Å²) in [5, 5.41) is 3.68. The van der Waals surface area contributed by atoms with Crippen LogP contribution >= 0.6 is 11.6 Å². The predicted octanol–water partition coefficient (Wildman–Crippen LogP) is 2.44. The Morgan fingerprint density at radius 1 is 1.36 bits per heavy atom. The van der Waals surface area contributed by atoms with Gasteiger partial charge in [0.2, 0.25) is 0 Å². The van der Waals surface area contributed by atoms with Gasteiger partial charge in [-0.3, -0.25) is 0 Å². The normalized spacial score (nSPS) is 17.5. The van der Waals surface area contributed by atoms with Crippen LogP contribution in [0.5, 0.6) is 11.8 Å². The van der Waals surface area contributed by atoms with E-state index >= 15 is 0 Å². The maximum atomic E-state index is 14.1. The Morgan fingerprint density at radius 2 is 2.09 bits per heavy atom. The molecule has 7 nitrogen and oxygen atoms in total. The van der Waals surface area contributed by atoms with E-state index in [9.17, 15) is 9.18 Å². The summed E-state index contributed by atoms with van der Waals surface area (Å²) in [4.78, 5) is 19.6. The van der Waals surface area contributed by atoms with Gasteiger partial charge in [-0.2, -0.15) is 0 Å². The predicted molar refractivity (Wildman–Crippen MR) is 77.1 cm³/mol. The Morgan fingerprint density at radius 3 is 2.73 bits per heavy atom. The SMILES string of the molecule is CC1NC(=O)N(c2cc(Oc3ncccn3)c(Cl)cc2F)N1. The fraction of sp³-hybridized carbons (Fsp3) is 0.154. The standard InChI is InChI=1S/C13H11ClFN5O2/c1-7-18-13(21)20(19-7)10-6-11(8(14)5-9(10)15)22-12-16-3-2-4-17-12/h2-7,19H,1H3,(H,18,21). The molecule has 0 bridgehead atoms. The average Bonchev–Trinajstić information content (AvgIpc) is 2.81. The zero-order chi connectivity index (χ0) is 15.7. The van der Waals surface area contributed by atoms with Crippen molar-refractivity contribution in [1.29, 1.82) is 0 Å². The van der Waals surface area contributed by atoms with Crippen LogP contribution in [0, 0.1) is 5.82 Å². The van der Waals surface area contributed by atoms with Gasteiger partial charge >= 0.3 is 12.0 Å². The molecule has 2 N–H and O–H groups in total. The number of nitrogens with zero attached hydrogens (tertiary/aromatic N) is 3. The summed E-state index contributed by atoms with van der Waals surface area (Å²) in [5.74, 6) is -0.526. The number of aromatic nitrogens is 2. The minimum atomic E-state index is -0.664. The van der Waals surface area contributed by atoms with Crippen LogP contribution in [0.1, 0.15) is 6.92 Å². The Hall–Kier alpha value is -2.45. The van der Waals surface area contributed by atoms with Crippen molar-refractivity contribution in [3.8, 4) is 11.8 Å². The molecule has 1 unspecified atom stereocenters. The zero-order valence-corrected chi connectivity index (χ0v) is 12.1. The van der Waals surface area contributed by atoms with E-state index in [0.717, 1.165) is 11.1 Å². The van der Waals surface area contributed by atoms with Crippen molar-refractivity contribution in [2.45, 2.75) is 13.1 Å². The third kappa shape index (κ3) is 2.78. The molecule has 2 heterocycles. The lowest BCUT2D eigenvalue weighted by Crippen LogP contribution is -2.36. The molecule has 2 amide bonds. The molecule has 1 atom stereocenters. The fourth-order valence-corrected chi connectivity index (χ4v) is 2.11. The lowest BCUT2D eigenvalue weighted by Gasteiger charge is -2.17. The van der Waals surface area contributed by atoms with Gasteiger partial charge in [0, 0.05) is 18.5 Å². The number of rotatable bonds is 3. The van der Waals surface area contributed by atoms with Crippen molar-refractivity contribution in [3.63, 3.8) is 0 Å². The number of hydrazine groups is 1. The van der Waals surface area contributed by atoms with Crippen LogP contribution < -0.4 is 20.5 Å². The third-order valence-corrected chi connectivity index (χ3v) is 3.15. The molecule has 114 valence electrons. The molecular weight excluding hydrogens is 313 g/mol. The lowest BCUT2D eigenvalue weighted by molar-refractivity contribution is 0.250. The van der Waals surface area contributed by atoms with E-state index < -0.39 is 11.8 Å². The first-order valence-electron chi connectivity index (χ1n) is 6.35. The molecule has 22 heavy (non-hydrogen) atoms. The number of hydrogen-bond acceptors (Lipinski definition) is 5. The van der Waals surface area contributed by atoms with Gasteiger partial charge in [0.15, 0.2) is 5.75 Å². The molecule has 0 aliphatic carbocycles. The van der Waals surface area contributed by atoms with Gasteiger partial charge < -0.3 is 10.1 Å². The highest BCUT2D eigenvalue weighted by Crippen LogP contribution is 2.34. The van der Waals surface area contributed by atoms with Crippen LogP contribution in [0.4, 0.5) is 14.9 Å². The number of amides is 2. The third-order valence-electron chi connectivity index (χ3n) is 2.85. The molecule has 1 aliphatic rings. The van der Waals surface area contributed by atoms with E-state index in [2.05, 4.69) is 20.7 Å². The molecule has 0 saturated carbocycles. The van der Waals surface area contributed by atoms with E-state index in [1.807, 2.05) is 0 Å².